The first-order valence-corrected chi connectivity index (χ1v) is 5.97. The normalized spacial score (nSPS) is 13.2. The second-order valence-electron chi connectivity index (χ2n) is 5.30. The Bertz CT molecular complexity index is 466. The average molecular weight is 250 g/mol. The molecule has 1 aromatic heterocycles. The number of carbonyl (C=O) groups is 1. The fourth-order valence-electron chi connectivity index (χ4n) is 1.66. The van der Waals surface area contributed by atoms with Crippen molar-refractivity contribution in [2.24, 2.45) is 11.5 Å². The maximum atomic E-state index is 11.5. The fraction of sp³-hybridized carbons (Fsp3) is 0.538. The van der Waals surface area contributed by atoms with E-state index < -0.39 is 5.91 Å². The lowest BCUT2D eigenvalue weighted by atomic mass is 9.96. The molecule has 0 spiro atoms. The van der Waals surface area contributed by atoms with Crippen LogP contribution in [0, 0.1) is 13.8 Å². The van der Waals surface area contributed by atoms with Crippen molar-refractivity contribution in [3.63, 3.8) is 0 Å². The minimum absolute atomic E-state index is 0.0964. The highest BCUT2D eigenvalue weighted by molar-refractivity contribution is 5.99. The summed E-state index contributed by atoms with van der Waals surface area (Å²) in [5.74, 6) is 0.0188. The van der Waals surface area contributed by atoms with Crippen LogP contribution in [0.1, 0.15) is 42.4 Å². The van der Waals surface area contributed by atoms with E-state index in [0.717, 1.165) is 11.3 Å². The van der Waals surface area contributed by atoms with Crippen LogP contribution in [0.15, 0.2) is 6.07 Å². The van der Waals surface area contributed by atoms with Gasteiger partial charge in [0.1, 0.15) is 5.82 Å². The van der Waals surface area contributed by atoms with Crippen LogP contribution in [-0.4, -0.2) is 22.5 Å². The predicted octanol–water partition coefficient (Wildman–Crippen LogP) is 1.34. The molecule has 1 aromatic rings. The number of amides is 1. The Kier molecular flexibility index (Phi) is 3.96. The first-order valence-electron chi connectivity index (χ1n) is 5.97. The van der Waals surface area contributed by atoms with Crippen LogP contribution in [0.5, 0.6) is 0 Å². The number of primary amides is 1. The molecule has 18 heavy (non-hydrogen) atoms. The Morgan fingerprint density at radius 1 is 1.44 bits per heavy atom. The van der Waals surface area contributed by atoms with Crippen LogP contribution >= 0.6 is 0 Å². The lowest BCUT2D eigenvalue weighted by Gasteiger charge is -2.31. The minimum atomic E-state index is -0.483. The third-order valence-electron chi connectivity index (χ3n) is 3.17. The Hall–Kier alpha value is -1.62. The van der Waals surface area contributed by atoms with E-state index in [1.165, 1.54) is 0 Å². The van der Waals surface area contributed by atoms with Crippen LogP contribution in [0.4, 0.5) is 5.82 Å². The molecular weight excluding hydrogens is 228 g/mol. The van der Waals surface area contributed by atoms with E-state index in [4.69, 9.17) is 11.5 Å². The number of aryl methyl sites for hydroxylation is 2. The van der Waals surface area contributed by atoms with Crippen molar-refractivity contribution in [3.05, 3.63) is 22.9 Å². The SMILES string of the molecule is Cc1cc(C)c(C(N)=O)c(NC(C)(C)C(C)N)n1. The third kappa shape index (κ3) is 2.98. The largest absolute Gasteiger partial charge is 0.365 e. The van der Waals surface area contributed by atoms with Gasteiger partial charge < -0.3 is 16.8 Å². The predicted molar refractivity (Wildman–Crippen MR) is 73.6 cm³/mol. The molecule has 0 aromatic carbocycles. The summed E-state index contributed by atoms with van der Waals surface area (Å²) >= 11 is 0. The van der Waals surface area contributed by atoms with Crippen LogP contribution < -0.4 is 16.8 Å². The summed E-state index contributed by atoms with van der Waals surface area (Å²) in [6.45, 7) is 9.55. The zero-order valence-electron chi connectivity index (χ0n) is 11.7. The standard InChI is InChI=1S/C13H22N4O/c1-7-6-8(2)16-12(10(7)11(15)18)17-13(4,5)9(3)14/h6,9H,14H2,1-5H3,(H2,15,18)(H,16,17). The summed E-state index contributed by atoms with van der Waals surface area (Å²) in [6.07, 6.45) is 0. The molecule has 0 aliphatic carbocycles. The van der Waals surface area contributed by atoms with Crippen molar-refractivity contribution in [1.82, 2.24) is 4.98 Å². The van der Waals surface area contributed by atoms with Crippen molar-refractivity contribution in [3.8, 4) is 0 Å². The van der Waals surface area contributed by atoms with Crippen LogP contribution in [0.3, 0.4) is 0 Å². The number of aromatic nitrogens is 1. The van der Waals surface area contributed by atoms with Gasteiger partial charge in [0.05, 0.1) is 5.56 Å². The molecule has 5 N–H and O–H groups in total. The number of carbonyl (C=O) groups excluding carboxylic acids is 1. The van der Waals surface area contributed by atoms with Gasteiger partial charge >= 0.3 is 0 Å². The second-order valence-corrected chi connectivity index (χ2v) is 5.30. The summed E-state index contributed by atoms with van der Waals surface area (Å²) in [4.78, 5) is 15.9. The molecule has 1 amide bonds. The summed E-state index contributed by atoms with van der Waals surface area (Å²) in [6, 6.07) is 1.74. The lowest BCUT2D eigenvalue weighted by molar-refractivity contribution is 0.1000. The van der Waals surface area contributed by atoms with Crippen molar-refractivity contribution < 1.29 is 4.79 Å². The highest BCUT2D eigenvalue weighted by Crippen LogP contribution is 2.22. The van der Waals surface area contributed by atoms with Crippen LogP contribution in [-0.2, 0) is 0 Å². The molecule has 5 heteroatoms. The average Bonchev–Trinajstić information content (AvgIpc) is 2.13. The Morgan fingerprint density at radius 3 is 2.44 bits per heavy atom. The van der Waals surface area contributed by atoms with Gasteiger partial charge in [-0.2, -0.15) is 0 Å². The number of nitrogens with zero attached hydrogens (tertiary/aromatic N) is 1. The highest BCUT2D eigenvalue weighted by atomic mass is 16.1. The van der Waals surface area contributed by atoms with Crippen molar-refractivity contribution in [2.45, 2.75) is 46.2 Å². The summed E-state index contributed by atoms with van der Waals surface area (Å²) in [7, 11) is 0. The first kappa shape index (κ1) is 14.4. The van der Waals surface area contributed by atoms with E-state index in [1.54, 1.807) is 0 Å². The number of hydrogen-bond donors (Lipinski definition) is 3. The van der Waals surface area contributed by atoms with E-state index in [9.17, 15) is 4.79 Å². The molecule has 0 aliphatic rings. The van der Waals surface area contributed by atoms with E-state index in [0.29, 0.717) is 11.4 Å². The van der Waals surface area contributed by atoms with Crippen molar-refractivity contribution in [2.75, 3.05) is 5.32 Å². The maximum Gasteiger partial charge on any atom is 0.252 e. The number of nitrogens with one attached hydrogen (secondary N) is 1. The first-order chi connectivity index (χ1) is 8.15. The molecule has 1 atom stereocenters. The molecule has 100 valence electrons. The molecule has 1 heterocycles. The fourth-order valence-corrected chi connectivity index (χ4v) is 1.66. The highest BCUT2D eigenvalue weighted by Gasteiger charge is 2.25. The molecule has 0 bridgehead atoms. The lowest BCUT2D eigenvalue weighted by Crippen LogP contribution is -2.47. The van der Waals surface area contributed by atoms with E-state index >= 15 is 0 Å². The quantitative estimate of drug-likeness (QED) is 0.751. The molecule has 1 unspecified atom stereocenters. The van der Waals surface area contributed by atoms with E-state index in [-0.39, 0.29) is 11.6 Å². The van der Waals surface area contributed by atoms with E-state index in [2.05, 4.69) is 10.3 Å². The molecular formula is C13H22N4O. The van der Waals surface area contributed by atoms with Gasteiger partial charge in [-0.3, -0.25) is 4.79 Å². The Balaban J connectivity index is 3.27. The topological polar surface area (TPSA) is 94.0 Å². The third-order valence-corrected chi connectivity index (χ3v) is 3.17. The maximum absolute atomic E-state index is 11.5. The molecule has 0 fully saturated rings. The Morgan fingerprint density at radius 2 is 2.00 bits per heavy atom. The molecule has 5 nitrogen and oxygen atoms in total. The number of nitrogens with two attached hydrogens (primary N) is 2. The smallest absolute Gasteiger partial charge is 0.252 e. The number of pyridine rings is 1. The van der Waals surface area contributed by atoms with Gasteiger partial charge in [0.25, 0.3) is 5.91 Å². The Labute approximate surface area is 108 Å². The summed E-state index contributed by atoms with van der Waals surface area (Å²) in [5.41, 5.74) is 13.0. The second kappa shape index (κ2) is 4.94. The molecule has 0 radical (unpaired) electrons. The molecule has 1 rings (SSSR count). The minimum Gasteiger partial charge on any atom is -0.365 e. The van der Waals surface area contributed by atoms with Gasteiger partial charge in [-0.1, -0.05) is 0 Å². The van der Waals surface area contributed by atoms with Gasteiger partial charge in [-0.05, 0) is 46.2 Å². The van der Waals surface area contributed by atoms with Crippen molar-refractivity contribution >= 4 is 11.7 Å². The monoisotopic (exact) mass is 250 g/mol. The van der Waals surface area contributed by atoms with Gasteiger partial charge in [-0.15, -0.1) is 0 Å². The zero-order chi connectivity index (χ0) is 14.1. The molecule has 0 saturated heterocycles. The van der Waals surface area contributed by atoms with Crippen LogP contribution in [0.25, 0.3) is 0 Å². The summed E-state index contributed by atoms with van der Waals surface area (Å²) in [5, 5.41) is 3.21. The van der Waals surface area contributed by atoms with E-state index in [1.807, 2.05) is 40.7 Å². The number of hydrogen-bond acceptors (Lipinski definition) is 4. The van der Waals surface area contributed by atoms with Gasteiger partial charge in [0.2, 0.25) is 0 Å². The summed E-state index contributed by atoms with van der Waals surface area (Å²) < 4.78 is 0. The van der Waals surface area contributed by atoms with Gasteiger partial charge in [-0.25, -0.2) is 4.98 Å². The van der Waals surface area contributed by atoms with Gasteiger partial charge in [0, 0.05) is 17.3 Å². The molecule has 0 saturated carbocycles. The van der Waals surface area contributed by atoms with Crippen LogP contribution in [0.2, 0.25) is 0 Å². The van der Waals surface area contributed by atoms with Gasteiger partial charge in [0.15, 0.2) is 0 Å². The number of rotatable bonds is 4. The molecule has 0 aliphatic heterocycles. The number of anilines is 1. The van der Waals surface area contributed by atoms with Crippen molar-refractivity contribution in [1.29, 1.82) is 0 Å². The zero-order valence-corrected chi connectivity index (χ0v) is 11.7.